The first-order chi connectivity index (χ1) is 9.50. The first-order valence-electron chi connectivity index (χ1n) is 6.84. The Labute approximate surface area is 118 Å². The SMILES string of the molecule is CC(=O)N1CCCN(C(=O)c2cccc(O)c2C)CC1. The van der Waals surface area contributed by atoms with E-state index < -0.39 is 0 Å². The standard InChI is InChI=1S/C15H20N2O3/c1-11-13(5-3-6-14(11)19)15(20)17-8-4-7-16(9-10-17)12(2)18/h3,5-6,19H,4,7-10H2,1-2H3. The molecule has 0 unspecified atom stereocenters. The number of carbonyl (C=O) groups is 2. The van der Waals surface area contributed by atoms with E-state index in [1.165, 1.54) is 0 Å². The Morgan fingerprint density at radius 1 is 1.10 bits per heavy atom. The molecular weight excluding hydrogens is 256 g/mol. The van der Waals surface area contributed by atoms with Crippen LogP contribution in [-0.2, 0) is 4.79 Å². The third-order valence-corrected chi connectivity index (χ3v) is 3.76. The number of rotatable bonds is 1. The van der Waals surface area contributed by atoms with Gasteiger partial charge in [-0.25, -0.2) is 0 Å². The summed E-state index contributed by atoms with van der Waals surface area (Å²) in [7, 11) is 0. The zero-order valence-corrected chi connectivity index (χ0v) is 11.9. The number of benzene rings is 1. The van der Waals surface area contributed by atoms with E-state index in [9.17, 15) is 14.7 Å². The first kappa shape index (κ1) is 14.4. The number of phenols is 1. The maximum absolute atomic E-state index is 12.5. The third-order valence-electron chi connectivity index (χ3n) is 3.76. The second-order valence-corrected chi connectivity index (χ2v) is 5.10. The molecule has 1 fully saturated rings. The van der Waals surface area contributed by atoms with Crippen LogP contribution in [0.1, 0.15) is 29.3 Å². The molecule has 0 saturated carbocycles. The zero-order valence-electron chi connectivity index (χ0n) is 11.9. The van der Waals surface area contributed by atoms with Crippen LogP contribution in [0.2, 0.25) is 0 Å². The number of aromatic hydroxyl groups is 1. The molecular formula is C15H20N2O3. The highest BCUT2D eigenvalue weighted by Gasteiger charge is 2.22. The number of hydrogen-bond donors (Lipinski definition) is 1. The van der Waals surface area contributed by atoms with Crippen LogP contribution in [0.5, 0.6) is 5.75 Å². The molecule has 2 rings (SSSR count). The summed E-state index contributed by atoms with van der Waals surface area (Å²) in [5, 5.41) is 9.69. The summed E-state index contributed by atoms with van der Waals surface area (Å²) in [6, 6.07) is 4.98. The fraction of sp³-hybridized carbons (Fsp3) is 0.467. The minimum absolute atomic E-state index is 0.0489. The fourth-order valence-electron chi connectivity index (χ4n) is 2.46. The van der Waals surface area contributed by atoms with Crippen LogP contribution in [0.4, 0.5) is 0 Å². The molecule has 1 aromatic rings. The van der Waals surface area contributed by atoms with Gasteiger partial charge in [-0.3, -0.25) is 9.59 Å². The van der Waals surface area contributed by atoms with Gasteiger partial charge in [0, 0.05) is 44.2 Å². The maximum atomic E-state index is 12.5. The Morgan fingerprint density at radius 3 is 2.45 bits per heavy atom. The lowest BCUT2D eigenvalue weighted by Gasteiger charge is -2.22. The second kappa shape index (κ2) is 5.94. The van der Waals surface area contributed by atoms with Gasteiger partial charge in [0.25, 0.3) is 5.91 Å². The highest BCUT2D eigenvalue weighted by molar-refractivity contribution is 5.96. The molecule has 0 atom stereocenters. The van der Waals surface area contributed by atoms with Gasteiger partial charge < -0.3 is 14.9 Å². The Balaban J connectivity index is 2.13. The van der Waals surface area contributed by atoms with Gasteiger partial charge in [0.1, 0.15) is 5.75 Å². The van der Waals surface area contributed by atoms with Crippen LogP contribution in [0.25, 0.3) is 0 Å². The van der Waals surface area contributed by atoms with Gasteiger partial charge in [-0.05, 0) is 25.5 Å². The topological polar surface area (TPSA) is 60.9 Å². The summed E-state index contributed by atoms with van der Waals surface area (Å²) >= 11 is 0. The fourth-order valence-corrected chi connectivity index (χ4v) is 2.46. The molecule has 0 aromatic heterocycles. The lowest BCUT2D eigenvalue weighted by Crippen LogP contribution is -2.36. The van der Waals surface area contributed by atoms with Crippen molar-refractivity contribution in [2.24, 2.45) is 0 Å². The van der Waals surface area contributed by atoms with Crippen molar-refractivity contribution in [3.63, 3.8) is 0 Å². The quantitative estimate of drug-likeness (QED) is 0.843. The monoisotopic (exact) mass is 276 g/mol. The molecule has 1 N–H and O–H groups in total. The van der Waals surface area contributed by atoms with Crippen LogP contribution in [0.15, 0.2) is 18.2 Å². The highest BCUT2D eigenvalue weighted by atomic mass is 16.3. The highest BCUT2D eigenvalue weighted by Crippen LogP contribution is 2.21. The summed E-state index contributed by atoms with van der Waals surface area (Å²) in [6.45, 7) is 5.72. The van der Waals surface area contributed by atoms with Crippen LogP contribution >= 0.6 is 0 Å². The van der Waals surface area contributed by atoms with Crippen molar-refractivity contribution in [1.82, 2.24) is 9.80 Å². The molecule has 1 heterocycles. The van der Waals surface area contributed by atoms with Crippen LogP contribution in [0, 0.1) is 6.92 Å². The van der Waals surface area contributed by atoms with E-state index in [4.69, 9.17) is 0 Å². The van der Waals surface area contributed by atoms with Gasteiger partial charge in [0.2, 0.25) is 5.91 Å². The van der Waals surface area contributed by atoms with Gasteiger partial charge in [-0.1, -0.05) is 6.07 Å². The van der Waals surface area contributed by atoms with Gasteiger partial charge in [-0.2, -0.15) is 0 Å². The van der Waals surface area contributed by atoms with E-state index >= 15 is 0 Å². The molecule has 0 spiro atoms. The molecule has 0 bridgehead atoms. The Hall–Kier alpha value is -2.04. The molecule has 108 valence electrons. The molecule has 5 heteroatoms. The predicted octanol–water partition coefficient (Wildman–Crippen LogP) is 1.40. The molecule has 1 aliphatic heterocycles. The van der Waals surface area contributed by atoms with Gasteiger partial charge in [0.15, 0.2) is 0 Å². The molecule has 0 radical (unpaired) electrons. The Kier molecular flexibility index (Phi) is 4.27. The molecule has 20 heavy (non-hydrogen) atoms. The molecule has 1 saturated heterocycles. The number of hydrogen-bond acceptors (Lipinski definition) is 3. The van der Waals surface area contributed by atoms with Gasteiger partial charge >= 0.3 is 0 Å². The molecule has 0 aliphatic carbocycles. The van der Waals surface area contributed by atoms with E-state index in [2.05, 4.69) is 0 Å². The average Bonchev–Trinajstić information content (AvgIpc) is 2.67. The second-order valence-electron chi connectivity index (χ2n) is 5.10. The van der Waals surface area contributed by atoms with Crippen molar-refractivity contribution >= 4 is 11.8 Å². The summed E-state index contributed by atoms with van der Waals surface area (Å²) in [6.07, 6.45) is 0.781. The van der Waals surface area contributed by atoms with E-state index in [1.54, 1.807) is 41.8 Å². The number of nitrogens with zero attached hydrogens (tertiary/aromatic N) is 2. The van der Waals surface area contributed by atoms with Crippen LogP contribution in [0.3, 0.4) is 0 Å². The average molecular weight is 276 g/mol. The van der Waals surface area contributed by atoms with E-state index in [0.29, 0.717) is 37.3 Å². The van der Waals surface area contributed by atoms with Crippen molar-refractivity contribution in [1.29, 1.82) is 0 Å². The van der Waals surface area contributed by atoms with Gasteiger partial charge in [0.05, 0.1) is 0 Å². The minimum Gasteiger partial charge on any atom is -0.508 e. The first-order valence-corrected chi connectivity index (χ1v) is 6.84. The van der Waals surface area contributed by atoms with Crippen molar-refractivity contribution in [3.8, 4) is 5.75 Å². The predicted molar refractivity (Wildman–Crippen MR) is 75.6 cm³/mol. The molecule has 1 aromatic carbocycles. The van der Waals surface area contributed by atoms with Crippen molar-refractivity contribution < 1.29 is 14.7 Å². The molecule has 5 nitrogen and oxygen atoms in total. The summed E-state index contributed by atoms with van der Waals surface area (Å²) in [5.41, 5.74) is 1.13. The zero-order chi connectivity index (χ0) is 14.7. The lowest BCUT2D eigenvalue weighted by molar-refractivity contribution is -0.128. The Morgan fingerprint density at radius 2 is 1.75 bits per heavy atom. The van der Waals surface area contributed by atoms with Crippen molar-refractivity contribution in [2.45, 2.75) is 20.3 Å². The largest absolute Gasteiger partial charge is 0.508 e. The van der Waals surface area contributed by atoms with Crippen molar-refractivity contribution in [2.75, 3.05) is 26.2 Å². The summed E-state index contributed by atoms with van der Waals surface area (Å²) in [5.74, 6) is 0.104. The Bertz CT molecular complexity index is 528. The number of phenolic OH excluding ortho intramolecular Hbond substituents is 1. The van der Waals surface area contributed by atoms with Gasteiger partial charge in [-0.15, -0.1) is 0 Å². The lowest BCUT2D eigenvalue weighted by atomic mass is 10.1. The normalized spacial score (nSPS) is 15.9. The van der Waals surface area contributed by atoms with E-state index in [1.807, 2.05) is 0 Å². The summed E-state index contributed by atoms with van der Waals surface area (Å²) in [4.78, 5) is 27.4. The van der Waals surface area contributed by atoms with E-state index in [0.717, 1.165) is 6.42 Å². The summed E-state index contributed by atoms with van der Waals surface area (Å²) < 4.78 is 0. The number of carbonyl (C=O) groups excluding carboxylic acids is 2. The molecule has 1 aliphatic rings. The van der Waals surface area contributed by atoms with Crippen molar-refractivity contribution in [3.05, 3.63) is 29.3 Å². The van der Waals surface area contributed by atoms with Crippen LogP contribution in [-0.4, -0.2) is 52.9 Å². The number of amides is 2. The van der Waals surface area contributed by atoms with Crippen LogP contribution < -0.4 is 0 Å². The van der Waals surface area contributed by atoms with E-state index in [-0.39, 0.29) is 17.6 Å². The maximum Gasteiger partial charge on any atom is 0.254 e. The smallest absolute Gasteiger partial charge is 0.254 e. The minimum atomic E-state index is -0.0798. The third kappa shape index (κ3) is 2.92. The molecule has 2 amide bonds.